The number of piperidine rings is 1. The summed E-state index contributed by atoms with van der Waals surface area (Å²) in [6.45, 7) is 4.95. The van der Waals surface area contributed by atoms with Gasteiger partial charge >= 0.3 is 0 Å². The number of carbonyl (C=O) groups excluding carboxylic acids is 1. The Morgan fingerprint density at radius 1 is 1.38 bits per heavy atom. The Hall–Kier alpha value is -2.10. The zero-order valence-electron chi connectivity index (χ0n) is 12.5. The van der Waals surface area contributed by atoms with Crippen molar-refractivity contribution >= 4 is 5.91 Å². The molecule has 4 heteroatoms. The number of hydrogen-bond acceptors (Lipinski definition) is 3. The number of hydrogen-bond donors (Lipinski definition) is 0. The van der Waals surface area contributed by atoms with E-state index in [1.54, 1.807) is 6.20 Å². The molecule has 0 spiro atoms. The van der Waals surface area contributed by atoms with Crippen LogP contribution < -0.4 is 0 Å². The third kappa shape index (κ3) is 2.71. The largest absolute Gasteiger partial charge is 0.445 e. The summed E-state index contributed by atoms with van der Waals surface area (Å²) >= 11 is 0. The number of rotatable bonds is 2. The fourth-order valence-electron chi connectivity index (χ4n) is 2.93. The third-order valence-electron chi connectivity index (χ3n) is 4.13. The normalized spacial score (nSPS) is 18.8. The van der Waals surface area contributed by atoms with Crippen LogP contribution in [0.3, 0.4) is 0 Å². The summed E-state index contributed by atoms with van der Waals surface area (Å²) in [7, 11) is 0. The lowest BCUT2D eigenvalue weighted by atomic mass is 9.99. The molecule has 1 aliphatic rings. The van der Waals surface area contributed by atoms with Gasteiger partial charge in [-0.05, 0) is 45.2 Å². The van der Waals surface area contributed by atoms with E-state index >= 15 is 0 Å². The Bertz CT molecular complexity index is 634. The first-order valence-electron chi connectivity index (χ1n) is 7.48. The van der Waals surface area contributed by atoms with Crippen LogP contribution in [-0.2, 0) is 0 Å². The van der Waals surface area contributed by atoms with E-state index in [1.807, 2.05) is 30.0 Å². The molecule has 0 radical (unpaired) electrons. The van der Waals surface area contributed by atoms with Gasteiger partial charge in [0.1, 0.15) is 6.26 Å². The lowest BCUT2D eigenvalue weighted by Gasteiger charge is -2.33. The Morgan fingerprint density at radius 3 is 2.95 bits per heavy atom. The molecule has 1 aliphatic heterocycles. The van der Waals surface area contributed by atoms with E-state index in [9.17, 15) is 4.79 Å². The number of likely N-dealkylation sites (tertiary alicyclic amines) is 1. The molecule has 1 aromatic heterocycles. The van der Waals surface area contributed by atoms with Gasteiger partial charge in [-0.15, -0.1) is 0 Å². The second kappa shape index (κ2) is 5.72. The summed E-state index contributed by atoms with van der Waals surface area (Å²) in [6, 6.07) is 6.13. The van der Waals surface area contributed by atoms with Gasteiger partial charge in [-0.2, -0.15) is 0 Å². The summed E-state index contributed by atoms with van der Waals surface area (Å²) in [5.41, 5.74) is 2.53. The number of carbonyl (C=O) groups is 1. The van der Waals surface area contributed by atoms with Crippen LogP contribution in [0.5, 0.6) is 0 Å². The van der Waals surface area contributed by atoms with E-state index in [4.69, 9.17) is 4.42 Å². The van der Waals surface area contributed by atoms with Gasteiger partial charge < -0.3 is 9.32 Å². The Balaban J connectivity index is 2.00. The average Bonchev–Trinajstić information content (AvgIpc) is 3.01. The lowest BCUT2D eigenvalue weighted by molar-refractivity contribution is 0.0636. The highest BCUT2D eigenvalue weighted by Gasteiger charge is 2.26. The number of benzene rings is 1. The molecule has 2 aromatic rings. The van der Waals surface area contributed by atoms with Gasteiger partial charge in [-0.25, -0.2) is 4.98 Å². The van der Waals surface area contributed by atoms with Gasteiger partial charge in [-0.1, -0.05) is 11.6 Å². The predicted molar refractivity (Wildman–Crippen MR) is 81.0 cm³/mol. The number of aryl methyl sites for hydroxylation is 1. The molecule has 1 saturated heterocycles. The van der Waals surface area contributed by atoms with Gasteiger partial charge in [0.15, 0.2) is 0 Å². The maximum Gasteiger partial charge on any atom is 0.254 e. The topological polar surface area (TPSA) is 46.3 Å². The van der Waals surface area contributed by atoms with Gasteiger partial charge in [0.05, 0.1) is 11.8 Å². The molecule has 110 valence electrons. The highest BCUT2D eigenvalue weighted by molar-refractivity contribution is 6.00. The van der Waals surface area contributed by atoms with Gasteiger partial charge in [-0.3, -0.25) is 4.79 Å². The van der Waals surface area contributed by atoms with E-state index < -0.39 is 0 Å². The van der Waals surface area contributed by atoms with Gasteiger partial charge in [0.2, 0.25) is 5.89 Å². The number of nitrogens with zero attached hydrogens (tertiary/aromatic N) is 2. The predicted octanol–water partition coefficient (Wildman–Crippen LogP) is 3.66. The van der Waals surface area contributed by atoms with Crippen molar-refractivity contribution < 1.29 is 9.21 Å². The van der Waals surface area contributed by atoms with Gasteiger partial charge in [0, 0.05) is 18.2 Å². The van der Waals surface area contributed by atoms with Crippen LogP contribution >= 0.6 is 0 Å². The first-order valence-corrected chi connectivity index (χ1v) is 7.48. The van der Waals surface area contributed by atoms with E-state index in [0.29, 0.717) is 17.5 Å². The van der Waals surface area contributed by atoms with E-state index in [0.717, 1.165) is 30.5 Å². The van der Waals surface area contributed by atoms with Crippen molar-refractivity contribution in [3.05, 3.63) is 41.8 Å². The Kier molecular flexibility index (Phi) is 3.78. The lowest BCUT2D eigenvalue weighted by Crippen LogP contribution is -2.42. The zero-order valence-corrected chi connectivity index (χ0v) is 12.5. The maximum atomic E-state index is 12.9. The summed E-state index contributed by atoms with van der Waals surface area (Å²) in [5, 5.41) is 0. The summed E-state index contributed by atoms with van der Waals surface area (Å²) < 4.78 is 5.38. The Labute approximate surface area is 124 Å². The van der Waals surface area contributed by atoms with Crippen molar-refractivity contribution in [2.75, 3.05) is 6.54 Å². The number of oxazole rings is 1. The van der Waals surface area contributed by atoms with Crippen molar-refractivity contribution in [2.24, 2.45) is 0 Å². The monoisotopic (exact) mass is 284 g/mol. The highest BCUT2D eigenvalue weighted by Crippen LogP contribution is 2.27. The van der Waals surface area contributed by atoms with Gasteiger partial charge in [0.25, 0.3) is 5.91 Å². The number of aromatic nitrogens is 1. The van der Waals surface area contributed by atoms with E-state index in [2.05, 4.69) is 11.9 Å². The number of amides is 1. The first kappa shape index (κ1) is 13.9. The van der Waals surface area contributed by atoms with Crippen LogP contribution in [0.2, 0.25) is 0 Å². The molecule has 1 amide bonds. The molecule has 0 bridgehead atoms. The standard InChI is InChI=1S/C17H20N2O2/c1-12-6-7-14(16-18-8-10-21-16)15(11-12)17(20)19-9-4-3-5-13(19)2/h6-8,10-11,13H,3-5,9H2,1-2H3. The molecule has 1 unspecified atom stereocenters. The fourth-order valence-corrected chi connectivity index (χ4v) is 2.93. The molecule has 2 heterocycles. The molecule has 4 nitrogen and oxygen atoms in total. The minimum atomic E-state index is 0.0825. The molecular weight excluding hydrogens is 264 g/mol. The molecule has 1 atom stereocenters. The quantitative estimate of drug-likeness (QED) is 0.845. The molecule has 0 aliphatic carbocycles. The molecule has 0 N–H and O–H groups in total. The van der Waals surface area contributed by atoms with Crippen molar-refractivity contribution in [1.29, 1.82) is 0 Å². The van der Waals surface area contributed by atoms with E-state index in [1.165, 1.54) is 12.7 Å². The second-order valence-corrected chi connectivity index (χ2v) is 5.73. The minimum Gasteiger partial charge on any atom is -0.445 e. The van der Waals surface area contributed by atoms with Crippen LogP contribution in [0.15, 0.2) is 35.1 Å². The Morgan fingerprint density at radius 2 is 2.24 bits per heavy atom. The van der Waals surface area contributed by atoms with Crippen LogP contribution in [0.25, 0.3) is 11.5 Å². The summed E-state index contributed by atoms with van der Waals surface area (Å²) in [4.78, 5) is 19.1. The smallest absolute Gasteiger partial charge is 0.254 e. The van der Waals surface area contributed by atoms with Crippen molar-refractivity contribution in [3.63, 3.8) is 0 Å². The molecule has 1 fully saturated rings. The summed E-state index contributed by atoms with van der Waals surface area (Å²) in [6.07, 6.45) is 6.49. The minimum absolute atomic E-state index is 0.0825. The van der Waals surface area contributed by atoms with Crippen molar-refractivity contribution in [3.8, 4) is 11.5 Å². The fraction of sp³-hybridized carbons (Fsp3) is 0.412. The second-order valence-electron chi connectivity index (χ2n) is 5.73. The molecule has 0 saturated carbocycles. The maximum absolute atomic E-state index is 12.9. The van der Waals surface area contributed by atoms with Crippen LogP contribution in [0.1, 0.15) is 42.1 Å². The molecule has 21 heavy (non-hydrogen) atoms. The summed E-state index contributed by atoms with van der Waals surface area (Å²) in [5.74, 6) is 0.585. The molecular formula is C17H20N2O2. The van der Waals surface area contributed by atoms with Crippen molar-refractivity contribution in [1.82, 2.24) is 9.88 Å². The van der Waals surface area contributed by atoms with Crippen LogP contribution in [0.4, 0.5) is 0 Å². The zero-order chi connectivity index (χ0) is 14.8. The first-order chi connectivity index (χ1) is 10.2. The van der Waals surface area contributed by atoms with Crippen molar-refractivity contribution in [2.45, 2.75) is 39.2 Å². The van der Waals surface area contributed by atoms with Crippen LogP contribution in [-0.4, -0.2) is 28.4 Å². The molecule has 3 rings (SSSR count). The SMILES string of the molecule is Cc1ccc(-c2ncco2)c(C(=O)N2CCCCC2C)c1. The molecule has 1 aromatic carbocycles. The van der Waals surface area contributed by atoms with E-state index in [-0.39, 0.29) is 5.91 Å². The third-order valence-corrected chi connectivity index (χ3v) is 4.13. The average molecular weight is 284 g/mol. The highest BCUT2D eigenvalue weighted by atomic mass is 16.3. The van der Waals surface area contributed by atoms with Crippen LogP contribution in [0, 0.1) is 6.92 Å².